The third kappa shape index (κ3) is 3.73. The molecule has 2 aliphatic heterocycles. The molecular weight excluding hydrogens is 250 g/mol. The summed E-state index contributed by atoms with van der Waals surface area (Å²) < 4.78 is 0. The molecule has 4 heteroatoms. The summed E-state index contributed by atoms with van der Waals surface area (Å²) in [6, 6.07) is 1.16. The summed E-state index contributed by atoms with van der Waals surface area (Å²) in [5, 5.41) is 3.22. The van der Waals surface area contributed by atoms with Gasteiger partial charge in [0.05, 0.1) is 6.54 Å². The normalized spacial score (nSPS) is 29.9. The van der Waals surface area contributed by atoms with Crippen molar-refractivity contribution >= 4 is 5.91 Å². The Morgan fingerprint density at radius 2 is 1.70 bits per heavy atom. The first-order valence-corrected chi connectivity index (χ1v) is 8.57. The summed E-state index contributed by atoms with van der Waals surface area (Å²) in [5.41, 5.74) is 0. The van der Waals surface area contributed by atoms with Crippen molar-refractivity contribution in [2.75, 3.05) is 32.7 Å². The van der Waals surface area contributed by atoms with Crippen LogP contribution in [0.4, 0.5) is 0 Å². The van der Waals surface area contributed by atoms with Crippen LogP contribution < -0.4 is 5.32 Å². The van der Waals surface area contributed by atoms with Crippen LogP contribution in [0.1, 0.15) is 51.4 Å². The molecule has 1 saturated carbocycles. The number of likely N-dealkylation sites (tertiary alicyclic amines) is 2. The molecule has 1 N–H and O–H groups in total. The lowest BCUT2D eigenvalue weighted by Crippen LogP contribution is -2.50. The van der Waals surface area contributed by atoms with Crippen molar-refractivity contribution in [3.8, 4) is 0 Å². The van der Waals surface area contributed by atoms with E-state index in [2.05, 4.69) is 15.1 Å². The Morgan fingerprint density at radius 3 is 2.45 bits per heavy atom. The minimum Gasteiger partial charge on any atom is -0.352 e. The number of carbonyl (C=O) groups excluding carboxylic acids is 1. The van der Waals surface area contributed by atoms with E-state index in [1.54, 1.807) is 0 Å². The van der Waals surface area contributed by atoms with Crippen LogP contribution in [0.2, 0.25) is 0 Å². The van der Waals surface area contributed by atoms with Gasteiger partial charge in [0.15, 0.2) is 0 Å². The molecule has 2 heterocycles. The van der Waals surface area contributed by atoms with Gasteiger partial charge in [0, 0.05) is 18.6 Å². The molecule has 3 aliphatic rings. The predicted octanol–water partition coefficient (Wildman–Crippen LogP) is 1.61. The van der Waals surface area contributed by atoms with E-state index in [0.29, 0.717) is 18.6 Å². The Bertz CT molecular complexity index is 322. The van der Waals surface area contributed by atoms with E-state index in [-0.39, 0.29) is 5.91 Å². The first kappa shape index (κ1) is 14.3. The van der Waals surface area contributed by atoms with Crippen LogP contribution in [0.15, 0.2) is 0 Å². The number of amides is 1. The van der Waals surface area contributed by atoms with Gasteiger partial charge in [-0.25, -0.2) is 0 Å². The largest absolute Gasteiger partial charge is 0.352 e. The SMILES string of the molecule is O=C(CN1CCCC(N2CCCC2)C1)NC1CCCC1. The Labute approximate surface area is 122 Å². The average molecular weight is 279 g/mol. The van der Waals surface area contributed by atoms with Gasteiger partial charge in [0.1, 0.15) is 0 Å². The molecule has 0 bridgehead atoms. The van der Waals surface area contributed by atoms with Crippen LogP contribution in [0.5, 0.6) is 0 Å². The molecule has 1 aliphatic carbocycles. The zero-order valence-corrected chi connectivity index (χ0v) is 12.6. The summed E-state index contributed by atoms with van der Waals surface area (Å²) >= 11 is 0. The van der Waals surface area contributed by atoms with Gasteiger partial charge < -0.3 is 5.32 Å². The minimum atomic E-state index is 0.249. The maximum Gasteiger partial charge on any atom is 0.234 e. The molecule has 3 fully saturated rings. The Kier molecular flexibility index (Phi) is 4.94. The fourth-order valence-corrected chi connectivity index (χ4v) is 4.13. The van der Waals surface area contributed by atoms with Gasteiger partial charge in [-0.15, -0.1) is 0 Å². The first-order valence-electron chi connectivity index (χ1n) is 8.57. The van der Waals surface area contributed by atoms with Crippen molar-refractivity contribution in [3.63, 3.8) is 0 Å². The number of piperidine rings is 1. The predicted molar refractivity (Wildman–Crippen MR) is 80.7 cm³/mol. The smallest absolute Gasteiger partial charge is 0.234 e. The highest BCUT2D eigenvalue weighted by Gasteiger charge is 2.28. The monoisotopic (exact) mass is 279 g/mol. The lowest BCUT2D eigenvalue weighted by atomic mass is 10.0. The molecule has 20 heavy (non-hydrogen) atoms. The van der Waals surface area contributed by atoms with Crippen LogP contribution in [-0.2, 0) is 4.79 Å². The van der Waals surface area contributed by atoms with E-state index >= 15 is 0 Å². The van der Waals surface area contributed by atoms with Crippen molar-refractivity contribution < 1.29 is 4.79 Å². The van der Waals surface area contributed by atoms with Gasteiger partial charge in [0.2, 0.25) is 5.91 Å². The van der Waals surface area contributed by atoms with Crippen molar-refractivity contribution in [1.29, 1.82) is 0 Å². The maximum absolute atomic E-state index is 12.1. The van der Waals surface area contributed by atoms with Crippen molar-refractivity contribution in [3.05, 3.63) is 0 Å². The van der Waals surface area contributed by atoms with Gasteiger partial charge in [-0.2, -0.15) is 0 Å². The zero-order chi connectivity index (χ0) is 13.8. The summed E-state index contributed by atoms with van der Waals surface area (Å²) in [5.74, 6) is 0.249. The van der Waals surface area contributed by atoms with Crippen LogP contribution in [0.3, 0.4) is 0 Å². The first-order chi connectivity index (χ1) is 9.81. The fraction of sp³-hybridized carbons (Fsp3) is 0.938. The number of hydrogen-bond donors (Lipinski definition) is 1. The van der Waals surface area contributed by atoms with Crippen molar-refractivity contribution in [2.24, 2.45) is 0 Å². The molecule has 3 rings (SSSR count). The molecule has 0 aromatic heterocycles. The molecule has 1 unspecified atom stereocenters. The standard InChI is InChI=1S/C16H29N3O/c20-16(17-14-6-1-2-7-14)13-18-9-5-8-15(12-18)19-10-3-4-11-19/h14-15H,1-13H2,(H,17,20). The molecule has 2 saturated heterocycles. The lowest BCUT2D eigenvalue weighted by Gasteiger charge is -2.37. The minimum absolute atomic E-state index is 0.249. The van der Waals surface area contributed by atoms with E-state index in [1.165, 1.54) is 64.5 Å². The second kappa shape index (κ2) is 6.90. The van der Waals surface area contributed by atoms with Crippen LogP contribution >= 0.6 is 0 Å². The molecular formula is C16H29N3O. The van der Waals surface area contributed by atoms with Gasteiger partial charge in [-0.3, -0.25) is 14.6 Å². The van der Waals surface area contributed by atoms with Crippen molar-refractivity contribution in [2.45, 2.75) is 63.5 Å². The summed E-state index contributed by atoms with van der Waals surface area (Å²) in [6.45, 7) is 5.35. The van der Waals surface area contributed by atoms with Gasteiger partial charge in [-0.05, 0) is 58.2 Å². The highest BCUT2D eigenvalue weighted by atomic mass is 16.2. The number of rotatable bonds is 4. The van der Waals surface area contributed by atoms with Gasteiger partial charge in [0.25, 0.3) is 0 Å². The molecule has 0 aromatic carbocycles. The van der Waals surface area contributed by atoms with Gasteiger partial charge >= 0.3 is 0 Å². The highest BCUT2D eigenvalue weighted by molar-refractivity contribution is 5.78. The van der Waals surface area contributed by atoms with E-state index in [0.717, 1.165) is 13.1 Å². The maximum atomic E-state index is 12.1. The van der Waals surface area contributed by atoms with E-state index < -0.39 is 0 Å². The summed E-state index contributed by atoms with van der Waals surface area (Å²) in [7, 11) is 0. The molecule has 4 nitrogen and oxygen atoms in total. The van der Waals surface area contributed by atoms with Crippen LogP contribution in [0.25, 0.3) is 0 Å². The lowest BCUT2D eigenvalue weighted by molar-refractivity contribution is -0.123. The van der Waals surface area contributed by atoms with E-state index in [4.69, 9.17) is 0 Å². The number of nitrogens with one attached hydrogen (secondary N) is 1. The highest BCUT2D eigenvalue weighted by Crippen LogP contribution is 2.21. The molecule has 0 aromatic rings. The molecule has 1 atom stereocenters. The van der Waals surface area contributed by atoms with Crippen molar-refractivity contribution in [1.82, 2.24) is 15.1 Å². The number of carbonyl (C=O) groups is 1. The fourth-order valence-electron chi connectivity index (χ4n) is 4.13. The molecule has 1 amide bonds. The number of nitrogens with zero attached hydrogens (tertiary/aromatic N) is 2. The third-order valence-corrected chi connectivity index (χ3v) is 5.23. The average Bonchev–Trinajstić information content (AvgIpc) is 3.11. The summed E-state index contributed by atoms with van der Waals surface area (Å²) in [4.78, 5) is 17.1. The molecule has 0 spiro atoms. The summed E-state index contributed by atoms with van der Waals surface area (Å²) in [6.07, 6.45) is 10.2. The quantitative estimate of drug-likeness (QED) is 0.849. The second-order valence-electron chi connectivity index (χ2n) is 6.82. The molecule has 0 radical (unpaired) electrons. The zero-order valence-electron chi connectivity index (χ0n) is 12.6. The van der Waals surface area contributed by atoms with E-state index in [9.17, 15) is 4.79 Å². The number of hydrogen-bond acceptors (Lipinski definition) is 3. The molecule has 114 valence electrons. The van der Waals surface area contributed by atoms with Crippen LogP contribution in [0, 0.1) is 0 Å². The Morgan fingerprint density at radius 1 is 0.950 bits per heavy atom. The van der Waals surface area contributed by atoms with Crippen LogP contribution in [-0.4, -0.2) is 60.5 Å². The topological polar surface area (TPSA) is 35.6 Å². The van der Waals surface area contributed by atoms with Gasteiger partial charge in [-0.1, -0.05) is 12.8 Å². The Hall–Kier alpha value is -0.610. The third-order valence-electron chi connectivity index (χ3n) is 5.23. The second-order valence-corrected chi connectivity index (χ2v) is 6.82. The van der Waals surface area contributed by atoms with E-state index in [1.807, 2.05) is 0 Å². The Balaban J connectivity index is 1.43.